The summed E-state index contributed by atoms with van der Waals surface area (Å²) in [5.74, 6) is 0.399. The Labute approximate surface area is 177 Å². The summed E-state index contributed by atoms with van der Waals surface area (Å²) < 4.78 is 30.0. The molecule has 0 aliphatic carbocycles. The molecule has 0 N–H and O–H groups in total. The van der Waals surface area contributed by atoms with Crippen LogP contribution in [0.1, 0.15) is 37.4 Å². The topological polar surface area (TPSA) is 84.6 Å². The van der Waals surface area contributed by atoms with Crippen LogP contribution in [0.5, 0.6) is 0 Å². The number of sulfonamides is 1. The van der Waals surface area contributed by atoms with Crippen molar-refractivity contribution in [2.75, 3.05) is 26.2 Å². The lowest BCUT2D eigenvalue weighted by molar-refractivity contribution is 0.177. The minimum atomic E-state index is -3.54. The molecule has 3 rings (SSSR count). The molecule has 9 heteroatoms. The number of rotatable bonds is 6. The Kier molecular flexibility index (Phi) is 6.64. The second-order valence-electron chi connectivity index (χ2n) is 7.93. The van der Waals surface area contributed by atoms with Crippen LogP contribution in [-0.2, 0) is 30.7 Å². The van der Waals surface area contributed by atoms with Crippen molar-refractivity contribution < 1.29 is 8.42 Å². The van der Waals surface area contributed by atoms with E-state index in [1.807, 2.05) is 12.1 Å². The summed E-state index contributed by atoms with van der Waals surface area (Å²) >= 11 is 0. The molecule has 2 aromatic rings. The Bertz CT molecular complexity index is 1110. The van der Waals surface area contributed by atoms with Crippen molar-refractivity contribution in [3.05, 3.63) is 62.4 Å². The van der Waals surface area contributed by atoms with E-state index >= 15 is 0 Å². The molecule has 1 fully saturated rings. The van der Waals surface area contributed by atoms with Gasteiger partial charge in [-0.15, -0.1) is 0 Å². The van der Waals surface area contributed by atoms with E-state index in [1.54, 1.807) is 19.2 Å². The molecule has 1 aromatic carbocycles. The molecule has 2 heterocycles. The fourth-order valence-electron chi connectivity index (χ4n) is 3.64. The molecule has 164 valence electrons. The third kappa shape index (κ3) is 4.43. The predicted octanol–water partition coefficient (Wildman–Crippen LogP) is 1.10. The Hall–Kier alpha value is -2.23. The molecular formula is C21H30N4O4S. The average molecular weight is 435 g/mol. The van der Waals surface area contributed by atoms with Gasteiger partial charge in [0.2, 0.25) is 10.0 Å². The molecule has 1 aliphatic heterocycles. The van der Waals surface area contributed by atoms with Gasteiger partial charge in [-0.2, -0.15) is 4.31 Å². The van der Waals surface area contributed by atoms with Crippen molar-refractivity contribution in [2.45, 2.75) is 37.6 Å². The SMILES string of the molecule is CC[C@H](C)c1ccc(S(=O)(=O)N2CCN(Cc3cc(=O)n(C)c(=O)n3C)CC2)cc1. The Morgan fingerprint density at radius 1 is 0.967 bits per heavy atom. The highest BCUT2D eigenvalue weighted by atomic mass is 32.2. The second kappa shape index (κ2) is 8.87. The van der Waals surface area contributed by atoms with E-state index in [9.17, 15) is 18.0 Å². The van der Waals surface area contributed by atoms with Crippen molar-refractivity contribution in [1.82, 2.24) is 18.3 Å². The van der Waals surface area contributed by atoms with E-state index < -0.39 is 10.0 Å². The largest absolute Gasteiger partial charge is 0.330 e. The maximum atomic E-state index is 13.0. The van der Waals surface area contributed by atoms with Crippen LogP contribution in [0.3, 0.4) is 0 Å². The first-order valence-corrected chi connectivity index (χ1v) is 11.7. The van der Waals surface area contributed by atoms with Gasteiger partial charge in [-0.1, -0.05) is 26.0 Å². The summed E-state index contributed by atoms with van der Waals surface area (Å²) in [5.41, 5.74) is 1.07. The Morgan fingerprint density at radius 2 is 1.57 bits per heavy atom. The van der Waals surface area contributed by atoms with Gasteiger partial charge in [0, 0.05) is 58.6 Å². The van der Waals surface area contributed by atoms with Crippen LogP contribution < -0.4 is 11.2 Å². The number of hydrogen-bond acceptors (Lipinski definition) is 5. The second-order valence-corrected chi connectivity index (χ2v) is 9.87. The van der Waals surface area contributed by atoms with Gasteiger partial charge in [-0.25, -0.2) is 13.2 Å². The van der Waals surface area contributed by atoms with Gasteiger partial charge in [-0.3, -0.25) is 18.8 Å². The molecule has 1 atom stereocenters. The summed E-state index contributed by atoms with van der Waals surface area (Å²) in [7, 11) is -0.445. The Balaban J connectivity index is 1.68. The van der Waals surface area contributed by atoms with Gasteiger partial charge in [0.1, 0.15) is 0 Å². The van der Waals surface area contributed by atoms with Gasteiger partial charge in [0.15, 0.2) is 0 Å². The van der Waals surface area contributed by atoms with Crippen LogP contribution in [0.2, 0.25) is 0 Å². The molecule has 0 amide bonds. The van der Waals surface area contributed by atoms with Gasteiger partial charge in [0.25, 0.3) is 5.56 Å². The lowest BCUT2D eigenvalue weighted by Crippen LogP contribution is -2.49. The fourth-order valence-corrected chi connectivity index (χ4v) is 5.06. The smallest absolute Gasteiger partial charge is 0.299 e. The van der Waals surface area contributed by atoms with Gasteiger partial charge in [-0.05, 0) is 30.0 Å². The van der Waals surface area contributed by atoms with Crippen molar-refractivity contribution in [3.63, 3.8) is 0 Å². The minimum Gasteiger partial charge on any atom is -0.299 e. The highest BCUT2D eigenvalue weighted by Gasteiger charge is 2.28. The number of nitrogens with zero attached hydrogens (tertiary/aromatic N) is 4. The van der Waals surface area contributed by atoms with E-state index in [0.29, 0.717) is 49.2 Å². The molecule has 0 radical (unpaired) electrons. The van der Waals surface area contributed by atoms with Gasteiger partial charge >= 0.3 is 5.69 Å². The fraction of sp³-hybridized carbons (Fsp3) is 0.524. The maximum absolute atomic E-state index is 13.0. The van der Waals surface area contributed by atoms with Crippen LogP contribution in [0.15, 0.2) is 44.8 Å². The summed E-state index contributed by atoms with van der Waals surface area (Å²) in [6, 6.07) is 8.64. The number of piperazine rings is 1. The first kappa shape index (κ1) is 22.5. The lowest BCUT2D eigenvalue weighted by atomic mass is 9.99. The van der Waals surface area contributed by atoms with Crippen molar-refractivity contribution in [1.29, 1.82) is 0 Å². The third-order valence-electron chi connectivity index (χ3n) is 6.04. The molecule has 1 aliphatic rings. The first-order chi connectivity index (χ1) is 14.1. The van der Waals surface area contributed by atoms with Gasteiger partial charge in [0.05, 0.1) is 4.90 Å². The maximum Gasteiger partial charge on any atom is 0.330 e. The zero-order valence-corrected chi connectivity index (χ0v) is 18.9. The van der Waals surface area contributed by atoms with E-state index in [2.05, 4.69) is 18.7 Å². The molecule has 8 nitrogen and oxygen atoms in total. The zero-order chi connectivity index (χ0) is 22.1. The van der Waals surface area contributed by atoms with Crippen molar-refractivity contribution in [3.8, 4) is 0 Å². The number of benzene rings is 1. The zero-order valence-electron chi connectivity index (χ0n) is 18.0. The number of aromatic nitrogens is 2. The number of hydrogen-bond donors (Lipinski definition) is 0. The van der Waals surface area contributed by atoms with E-state index in [0.717, 1.165) is 16.6 Å². The molecule has 0 spiro atoms. The lowest BCUT2D eigenvalue weighted by Gasteiger charge is -2.34. The highest BCUT2D eigenvalue weighted by Crippen LogP contribution is 2.23. The summed E-state index contributed by atoms with van der Waals surface area (Å²) in [6.45, 7) is 6.48. The first-order valence-electron chi connectivity index (χ1n) is 10.2. The van der Waals surface area contributed by atoms with Crippen molar-refractivity contribution in [2.24, 2.45) is 14.1 Å². The molecule has 0 unspecified atom stereocenters. The normalized spacial score (nSPS) is 17.2. The van der Waals surface area contributed by atoms with Crippen LogP contribution in [0, 0.1) is 0 Å². The molecule has 1 aromatic heterocycles. The molecule has 0 bridgehead atoms. The van der Waals surface area contributed by atoms with Crippen LogP contribution >= 0.6 is 0 Å². The molecular weight excluding hydrogens is 404 g/mol. The summed E-state index contributed by atoms with van der Waals surface area (Å²) in [6.07, 6.45) is 1.01. The minimum absolute atomic E-state index is 0.317. The van der Waals surface area contributed by atoms with E-state index in [4.69, 9.17) is 0 Å². The van der Waals surface area contributed by atoms with Crippen LogP contribution in [0.25, 0.3) is 0 Å². The standard InChI is InChI=1S/C21H30N4O4S/c1-5-16(2)17-6-8-19(9-7-17)30(28,29)25-12-10-24(11-13-25)15-18-14-20(26)23(4)21(27)22(18)3/h6-9,14,16H,5,10-13,15H2,1-4H3/t16-/m0/s1. The quantitative estimate of drug-likeness (QED) is 0.680. The van der Waals surface area contributed by atoms with Gasteiger partial charge < -0.3 is 0 Å². The molecule has 1 saturated heterocycles. The van der Waals surface area contributed by atoms with E-state index in [-0.39, 0.29) is 11.2 Å². The predicted molar refractivity (Wildman–Crippen MR) is 116 cm³/mol. The van der Waals surface area contributed by atoms with E-state index in [1.165, 1.54) is 22.0 Å². The third-order valence-corrected chi connectivity index (χ3v) is 7.95. The average Bonchev–Trinajstić information content (AvgIpc) is 2.76. The molecule has 30 heavy (non-hydrogen) atoms. The Morgan fingerprint density at radius 3 is 2.13 bits per heavy atom. The van der Waals surface area contributed by atoms with Crippen LogP contribution in [-0.4, -0.2) is 52.9 Å². The summed E-state index contributed by atoms with van der Waals surface area (Å²) in [5, 5.41) is 0. The highest BCUT2D eigenvalue weighted by molar-refractivity contribution is 7.89. The monoisotopic (exact) mass is 434 g/mol. The van der Waals surface area contributed by atoms with Crippen LogP contribution in [0.4, 0.5) is 0 Å². The summed E-state index contributed by atoms with van der Waals surface area (Å²) in [4.78, 5) is 26.4. The molecule has 0 saturated carbocycles. The van der Waals surface area contributed by atoms with Crippen molar-refractivity contribution >= 4 is 10.0 Å².